The molecule has 3 rings (SSSR count). The third kappa shape index (κ3) is 2.77. The highest BCUT2D eigenvalue weighted by atomic mass is 19.1. The molecule has 0 aromatic heterocycles. The first-order chi connectivity index (χ1) is 10.0. The average Bonchev–Trinajstić information content (AvgIpc) is 2.72. The highest BCUT2D eigenvalue weighted by Gasteiger charge is 2.24. The third-order valence-corrected chi connectivity index (χ3v) is 3.60. The van der Waals surface area contributed by atoms with Gasteiger partial charge in [-0.25, -0.2) is 13.2 Å². The van der Waals surface area contributed by atoms with Crippen LogP contribution in [0.15, 0.2) is 36.4 Å². The van der Waals surface area contributed by atoms with E-state index in [1.807, 2.05) is 0 Å². The lowest BCUT2D eigenvalue weighted by molar-refractivity contribution is 0.431. The van der Waals surface area contributed by atoms with Crippen molar-refractivity contribution in [1.82, 2.24) is 4.90 Å². The van der Waals surface area contributed by atoms with Crippen LogP contribution in [0.25, 0.3) is 0 Å². The van der Waals surface area contributed by atoms with Gasteiger partial charge in [0.1, 0.15) is 23.3 Å². The zero-order chi connectivity index (χ0) is 15.0. The lowest BCUT2D eigenvalue weighted by Gasteiger charge is -2.17. The van der Waals surface area contributed by atoms with Crippen molar-refractivity contribution in [3.63, 3.8) is 0 Å². The lowest BCUT2D eigenvalue weighted by atomic mass is 10.1. The summed E-state index contributed by atoms with van der Waals surface area (Å²) >= 11 is 0. The summed E-state index contributed by atoms with van der Waals surface area (Å²) in [5.74, 6) is -1.33. The van der Waals surface area contributed by atoms with Gasteiger partial charge in [0, 0.05) is 24.7 Å². The zero-order valence-electron chi connectivity index (χ0n) is 11.2. The van der Waals surface area contributed by atoms with E-state index in [0.29, 0.717) is 30.6 Å². The zero-order valence-corrected chi connectivity index (χ0v) is 11.2. The standard InChI is InChI=1S/C16H13F3N2/c17-12-2-1-11-9-21(16(20)15(11)8-12)4-3-10-5-13(18)7-14(19)6-10/h1-2,5-8,20H,3-4,9H2. The van der Waals surface area contributed by atoms with E-state index < -0.39 is 11.6 Å². The number of hydrogen-bond acceptors (Lipinski definition) is 1. The Hall–Kier alpha value is -2.30. The Morgan fingerprint density at radius 3 is 2.38 bits per heavy atom. The Labute approximate surface area is 120 Å². The summed E-state index contributed by atoms with van der Waals surface area (Å²) in [4.78, 5) is 1.77. The van der Waals surface area contributed by atoms with Gasteiger partial charge in [-0.3, -0.25) is 5.41 Å². The van der Waals surface area contributed by atoms with Crippen LogP contribution in [-0.2, 0) is 13.0 Å². The Balaban J connectivity index is 1.71. The molecule has 0 saturated heterocycles. The summed E-state index contributed by atoms with van der Waals surface area (Å²) in [5.41, 5.74) is 2.02. The van der Waals surface area contributed by atoms with E-state index in [1.165, 1.54) is 24.3 Å². The minimum atomic E-state index is -0.605. The van der Waals surface area contributed by atoms with E-state index in [-0.39, 0.29) is 11.7 Å². The van der Waals surface area contributed by atoms with Gasteiger partial charge in [-0.05, 0) is 41.8 Å². The molecule has 0 bridgehead atoms. The molecular formula is C16H13F3N2. The third-order valence-electron chi connectivity index (χ3n) is 3.60. The molecule has 21 heavy (non-hydrogen) atoms. The first-order valence-corrected chi connectivity index (χ1v) is 6.60. The van der Waals surface area contributed by atoms with E-state index in [1.54, 1.807) is 11.0 Å². The summed E-state index contributed by atoms with van der Waals surface area (Å²) in [6.45, 7) is 0.976. The highest BCUT2D eigenvalue weighted by Crippen LogP contribution is 2.23. The van der Waals surface area contributed by atoms with Crippen LogP contribution >= 0.6 is 0 Å². The Bertz CT molecular complexity index is 692. The largest absolute Gasteiger partial charge is 0.352 e. The molecule has 0 radical (unpaired) electrons. The number of hydrogen-bond donors (Lipinski definition) is 1. The Morgan fingerprint density at radius 1 is 0.952 bits per heavy atom. The lowest BCUT2D eigenvalue weighted by Crippen LogP contribution is -2.26. The Morgan fingerprint density at radius 2 is 1.67 bits per heavy atom. The van der Waals surface area contributed by atoms with Crippen molar-refractivity contribution in [2.24, 2.45) is 0 Å². The highest BCUT2D eigenvalue weighted by molar-refractivity contribution is 6.00. The van der Waals surface area contributed by atoms with Crippen molar-refractivity contribution < 1.29 is 13.2 Å². The van der Waals surface area contributed by atoms with Gasteiger partial charge in [0.05, 0.1) is 0 Å². The van der Waals surface area contributed by atoms with Crippen molar-refractivity contribution >= 4 is 5.84 Å². The maximum Gasteiger partial charge on any atom is 0.128 e. The fourth-order valence-corrected chi connectivity index (χ4v) is 2.57. The van der Waals surface area contributed by atoms with Gasteiger partial charge in [-0.15, -0.1) is 0 Å². The van der Waals surface area contributed by atoms with Gasteiger partial charge in [0.15, 0.2) is 0 Å². The second kappa shape index (κ2) is 5.24. The fourth-order valence-electron chi connectivity index (χ4n) is 2.57. The molecule has 2 aromatic rings. The minimum Gasteiger partial charge on any atom is -0.352 e. The van der Waals surface area contributed by atoms with Crippen molar-refractivity contribution in [3.8, 4) is 0 Å². The molecule has 2 aromatic carbocycles. The summed E-state index contributed by atoms with van der Waals surface area (Å²) in [6, 6.07) is 7.79. The second-order valence-corrected chi connectivity index (χ2v) is 5.10. The number of rotatable bonds is 3. The van der Waals surface area contributed by atoms with Crippen molar-refractivity contribution in [2.75, 3.05) is 6.54 Å². The van der Waals surface area contributed by atoms with Crippen LogP contribution in [0, 0.1) is 22.9 Å². The van der Waals surface area contributed by atoms with E-state index in [4.69, 9.17) is 5.41 Å². The molecule has 0 spiro atoms. The van der Waals surface area contributed by atoms with Gasteiger partial charge in [-0.1, -0.05) is 6.07 Å². The molecule has 0 aliphatic carbocycles. The van der Waals surface area contributed by atoms with Crippen LogP contribution < -0.4 is 0 Å². The van der Waals surface area contributed by atoms with Crippen LogP contribution in [0.3, 0.4) is 0 Å². The average molecular weight is 290 g/mol. The number of halogens is 3. The maximum atomic E-state index is 13.2. The fraction of sp³-hybridized carbons (Fsp3) is 0.188. The number of benzene rings is 2. The van der Waals surface area contributed by atoms with Gasteiger partial charge < -0.3 is 4.90 Å². The maximum absolute atomic E-state index is 13.2. The minimum absolute atomic E-state index is 0.251. The van der Waals surface area contributed by atoms with Crippen LogP contribution in [0.4, 0.5) is 13.2 Å². The quantitative estimate of drug-likeness (QED) is 0.920. The predicted octanol–water partition coefficient (Wildman–Crippen LogP) is 3.49. The number of nitrogens with zero attached hydrogens (tertiary/aromatic N) is 1. The summed E-state index contributed by atoms with van der Waals surface area (Å²) in [6.07, 6.45) is 0.424. The number of nitrogens with one attached hydrogen (secondary N) is 1. The molecule has 0 unspecified atom stereocenters. The van der Waals surface area contributed by atoms with E-state index in [2.05, 4.69) is 0 Å². The molecule has 108 valence electrons. The molecule has 5 heteroatoms. The molecule has 1 N–H and O–H groups in total. The molecule has 0 atom stereocenters. The predicted molar refractivity (Wildman–Crippen MR) is 73.7 cm³/mol. The van der Waals surface area contributed by atoms with Crippen LogP contribution in [0.5, 0.6) is 0 Å². The van der Waals surface area contributed by atoms with Crippen molar-refractivity contribution in [1.29, 1.82) is 5.41 Å². The smallest absolute Gasteiger partial charge is 0.128 e. The summed E-state index contributed by atoms with van der Waals surface area (Å²) < 4.78 is 39.5. The SMILES string of the molecule is N=C1c2cc(F)ccc2CN1CCc1cc(F)cc(F)c1. The van der Waals surface area contributed by atoms with Crippen molar-refractivity contribution in [2.45, 2.75) is 13.0 Å². The molecule has 1 aliphatic rings. The Kier molecular flexibility index (Phi) is 3.41. The van der Waals surface area contributed by atoms with E-state index in [0.717, 1.165) is 11.6 Å². The number of amidine groups is 1. The van der Waals surface area contributed by atoms with Gasteiger partial charge >= 0.3 is 0 Å². The normalized spacial score (nSPS) is 13.7. The van der Waals surface area contributed by atoms with Crippen molar-refractivity contribution in [3.05, 3.63) is 70.5 Å². The summed E-state index contributed by atoms with van der Waals surface area (Å²) in [5, 5.41) is 8.05. The molecule has 2 nitrogen and oxygen atoms in total. The van der Waals surface area contributed by atoms with E-state index in [9.17, 15) is 13.2 Å². The first kappa shape index (κ1) is 13.7. The number of fused-ring (bicyclic) bond motifs is 1. The van der Waals surface area contributed by atoms with Gasteiger partial charge in [0.25, 0.3) is 0 Å². The van der Waals surface area contributed by atoms with E-state index >= 15 is 0 Å². The topological polar surface area (TPSA) is 27.1 Å². The van der Waals surface area contributed by atoms with Crippen LogP contribution in [0.2, 0.25) is 0 Å². The van der Waals surface area contributed by atoms with Gasteiger partial charge in [0.2, 0.25) is 0 Å². The molecule has 0 saturated carbocycles. The monoisotopic (exact) mass is 290 g/mol. The molecule has 1 heterocycles. The molecule has 0 fully saturated rings. The van der Waals surface area contributed by atoms with Gasteiger partial charge in [-0.2, -0.15) is 0 Å². The molecular weight excluding hydrogens is 277 g/mol. The van der Waals surface area contributed by atoms with Crippen LogP contribution in [0.1, 0.15) is 16.7 Å². The molecule has 1 aliphatic heterocycles. The first-order valence-electron chi connectivity index (χ1n) is 6.60. The second-order valence-electron chi connectivity index (χ2n) is 5.10. The molecule has 0 amide bonds. The van der Waals surface area contributed by atoms with Crippen LogP contribution in [-0.4, -0.2) is 17.3 Å². The summed E-state index contributed by atoms with van der Waals surface area (Å²) in [7, 11) is 0.